The third-order valence-electron chi connectivity index (χ3n) is 21.7. The molecule has 12 unspecified atom stereocenters. The molecule has 7 aliphatic rings. The fraction of sp³-hybridized carbons (Fsp3) is 0.952. The Hall–Kier alpha value is -3.93. The summed E-state index contributed by atoms with van der Waals surface area (Å²) in [6, 6.07) is 0. The zero-order chi connectivity index (χ0) is 80.6. The fourth-order valence-corrected chi connectivity index (χ4v) is 15.0. The first kappa shape index (κ1) is 90.7. The summed E-state index contributed by atoms with van der Waals surface area (Å²) >= 11 is 0. The van der Waals surface area contributed by atoms with Gasteiger partial charge in [0.15, 0.2) is 0 Å². The van der Waals surface area contributed by atoms with Crippen molar-refractivity contribution < 1.29 is 190 Å². The van der Waals surface area contributed by atoms with Crippen LogP contribution in [0, 0.1) is 41.4 Å². The van der Waals surface area contributed by atoms with E-state index in [1.807, 2.05) is 0 Å². The van der Waals surface area contributed by atoms with Gasteiger partial charge in [0.1, 0.15) is 0 Å². The van der Waals surface area contributed by atoms with Crippen molar-refractivity contribution in [3.05, 3.63) is 0 Å². The maximum absolute atomic E-state index is 16.3. The van der Waals surface area contributed by atoms with Gasteiger partial charge in [-0.25, -0.2) is 0 Å². The van der Waals surface area contributed by atoms with Crippen molar-refractivity contribution in [3.8, 4) is 0 Å². The lowest BCUT2D eigenvalue weighted by Gasteiger charge is -2.64. The summed E-state index contributed by atoms with van der Waals surface area (Å²) in [7, 11) is 0. The molecule has 0 amide bonds. The van der Waals surface area contributed by atoms with Crippen molar-refractivity contribution in [2.45, 2.75) is 327 Å². The van der Waals surface area contributed by atoms with E-state index in [9.17, 15) is 118 Å². The minimum atomic E-state index is -6.65. The number of hydrogen-bond acceptors (Lipinski definition) is 12. The Morgan fingerprint density at radius 2 is 0.635 bits per heavy atom. The summed E-state index contributed by atoms with van der Waals surface area (Å²) in [5, 5.41) is 32.6. The number of esters is 3. The average molecular weight is 1590 g/mol. The van der Waals surface area contributed by atoms with E-state index in [0.717, 1.165) is 20.8 Å². The molecule has 3 saturated heterocycles. The molecule has 0 bridgehead atoms. The normalized spacial score (nSPS) is 35.5. The van der Waals surface area contributed by atoms with Crippen LogP contribution in [0.2, 0.25) is 0 Å². The van der Waals surface area contributed by atoms with Crippen molar-refractivity contribution in [3.63, 3.8) is 0 Å². The second-order valence-electron chi connectivity index (χ2n) is 27.8. The van der Waals surface area contributed by atoms with E-state index in [2.05, 4.69) is 28.4 Å². The Morgan fingerprint density at radius 1 is 0.365 bits per heavy atom. The third kappa shape index (κ3) is 13.6. The molecule has 610 valence electrons. The van der Waals surface area contributed by atoms with Crippen molar-refractivity contribution >= 4 is 17.9 Å². The van der Waals surface area contributed by atoms with Crippen molar-refractivity contribution in [2.75, 3.05) is 0 Å². The number of ether oxygens (including phenoxy) is 6. The number of alkyl halides is 30. The standard InChI is InChI=1S/C24H32F10O4.C20H26F10O4.C18H22F10O4/c1-3-14(2)17(35)37-22(24(32,33)34)21(27,28)18(36,15-10-6-4-7-11-15)20(25,26)19(38-22,23(29,30)31)16-12-8-5-9-13-16;1-4-11(3)13(31)33-18(20(28,29)30)17(23,24)15(32,12-9-7-6-8-10-12)16(21,22)14(5-2,34-18)19(25,26)27;1-3-9(2)11(29)31-17(18(26,27)28)16(24,25)13(30,10-7-5-4-6-8-10)14(19,20)12(32-17)15(21,22)23/h14-16,36H,3-13H2,1-2H3;11-12,32H,4-10H2,1-3H3;9-10,12,30H,3-8H2,1-2H3. The number of hydrogen-bond donors (Lipinski definition) is 3. The topological polar surface area (TPSA) is 167 Å². The van der Waals surface area contributed by atoms with Gasteiger partial charge in [0.05, 0.1) is 17.8 Å². The summed E-state index contributed by atoms with van der Waals surface area (Å²) in [6.45, 7) is 6.92. The molecule has 104 heavy (non-hydrogen) atoms. The lowest BCUT2D eigenvalue weighted by Crippen LogP contribution is -2.90. The first-order valence-electron chi connectivity index (χ1n) is 33.4. The molecule has 4 aliphatic carbocycles. The molecule has 12 atom stereocenters. The molecule has 3 aliphatic heterocycles. The highest BCUT2D eigenvalue weighted by Gasteiger charge is 3.01. The average Bonchev–Trinajstić information content (AvgIpc) is 0.664. The maximum atomic E-state index is 16.3. The van der Waals surface area contributed by atoms with E-state index in [1.165, 1.54) is 20.8 Å². The number of aliphatic hydroxyl groups is 3. The van der Waals surface area contributed by atoms with Gasteiger partial charge >= 0.3 is 108 Å². The molecule has 3 heterocycles. The van der Waals surface area contributed by atoms with Gasteiger partial charge in [0, 0.05) is 23.7 Å². The Morgan fingerprint density at radius 3 is 0.904 bits per heavy atom. The van der Waals surface area contributed by atoms with Crippen LogP contribution in [0.3, 0.4) is 0 Å². The quantitative estimate of drug-likeness (QED) is 0.0857. The molecule has 0 aromatic heterocycles. The lowest BCUT2D eigenvalue weighted by atomic mass is 9.58. The van der Waals surface area contributed by atoms with E-state index < -0.39 is 241 Å². The first-order chi connectivity index (χ1) is 46.8. The van der Waals surface area contributed by atoms with Gasteiger partial charge in [0.25, 0.3) is 0 Å². The van der Waals surface area contributed by atoms with Crippen molar-refractivity contribution in [2.24, 2.45) is 41.4 Å². The first-order valence-corrected chi connectivity index (χ1v) is 33.4. The van der Waals surface area contributed by atoms with Gasteiger partial charge in [-0.15, -0.1) is 0 Å². The Bertz CT molecular complexity index is 2930. The number of rotatable bonds is 14. The van der Waals surface area contributed by atoms with E-state index in [4.69, 9.17) is 0 Å². The predicted octanol–water partition coefficient (Wildman–Crippen LogP) is 18.9. The molecule has 0 aromatic rings. The molecule has 7 rings (SSSR count). The minimum absolute atomic E-state index is 0.0892. The van der Waals surface area contributed by atoms with Crippen LogP contribution in [-0.2, 0) is 42.8 Å². The van der Waals surface area contributed by atoms with Crippen molar-refractivity contribution in [1.82, 2.24) is 0 Å². The molecule has 3 N–H and O–H groups in total. The van der Waals surface area contributed by atoms with Crippen LogP contribution in [0.25, 0.3) is 0 Å². The molecule has 7 fully saturated rings. The summed E-state index contributed by atoms with van der Waals surface area (Å²) in [4.78, 5) is 36.7. The highest BCUT2D eigenvalue weighted by atomic mass is 19.4. The summed E-state index contributed by atoms with van der Waals surface area (Å²) < 4.78 is 467. The monoisotopic (exact) mass is 1590 g/mol. The molecule has 4 saturated carbocycles. The summed E-state index contributed by atoms with van der Waals surface area (Å²) in [6.07, 6.45) is -52.0. The van der Waals surface area contributed by atoms with E-state index in [0.29, 0.717) is 13.3 Å². The van der Waals surface area contributed by atoms with Crippen LogP contribution in [0.5, 0.6) is 0 Å². The number of carbonyl (C=O) groups is 3. The number of halogens is 30. The Balaban J connectivity index is 0.000000282. The molecule has 0 radical (unpaired) electrons. The molecule has 0 aromatic carbocycles. The zero-order valence-electron chi connectivity index (χ0n) is 56.4. The van der Waals surface area contributed by atoms with Crippen LogP contribution < -0.4 is 0 Å². The van der Waals surface area contributed by atoms with E-state index >= 15 is 43.9 Å². The van der Waals surface area contributed by atoms with Gasteiger partial charge in [-0.2, -0.15) is 132 Å². The maximum Gasteiger partial charge on any atom is 0.462 e. The van der Waals surface area contributed by atoms with E-state index in [-0.39, 0.29) is 89.9 Å². The minimum Gasteiger partial charge on any atom is -0.418 e. The second kappa shape index (κ2) is 29.7. The summed E-state index contributed by atoms with van der Waals surface area (Å²) in [5.74, 6) is -74.2. The van der Waals surface area contributed by atoms with Crippen LogP contribution >= 0.6 is 0 Å². The van der Waals surface area contributed by atoms with Crippen LogP contribution in [0.4, 0.5) is 132 Å². The largest absolute Gasteiger partial charge is 0.462 e. The zero-order valence-corrected chi connectivity index (χ0v) is 56.4. The fourth-order valence-electron chi connectivity index (χ4n) is 15.0. The highest BCUT2D eigenvalue weighted by molar-refractivity contribution is 5.73. The predicted molar refractivity (Wildman–Crippen MR) is 295 cm³/mol. The van der Waals surface area contributed by atoms with E-state index in [1.54, 1.807) is 0 Å². The lowest BCUT2D eigenvalue weighted by molar-refractivity contribution is -0.569. The summed E-state index contributed by atoms with van der Waals surface area (Å²) in [5.41, 5.74) is -26.1. The van der Waals surface area contributed by atoms with Crippen LogP contribution in [0.1, 0.15) is 203 Å². The smallest absolute Gasteiger partial charge is 0.418 e. The second-order valence-corrected chi connectivity index (χ2v) is 27.8. The van der Waals surface area contributed by atoms with Gasteiger partial charge in [0.2, 0.25) is 34.1 Å². The van der Waals surface area contributed by atoms with Crippen molar-refractivity contribution in [1.29, 1.82) is 0 Å². The highest BCUT2D eigenvalue weighted by Crippen LogP contribution is 2.74. The van der Waals surface area contributed by atoms with Gasteiger partial charge in [-0.05, 0) is 77.0 Å². The van der Waals surface area contributed by atoms with Gasteiger partial charge in [-0.3, -0.25) is 14.4 Å². The van der Waals surface area contributed by atoms with Crippen LogP contribution in [-0.4, -0.2) is 157 Å². The Kier molecular flexibility index (Phi) is 25.9. The number of carbonyl (C=O) groups excluding carboxylic acids is 3. The molecule has 12 nitrogen and oxygen atoms in total. The molecular weight excluding hydrogens is 1510 g/mol. The van der Waals surface area contributed by atoms with Gasteiger partial charge in [-0.1, -0.05) is 126 Å². The molecular formula is C62H80F30O12. The Labute approximate surface area is 574 Å². The molecule has 0 spiro atoms. The third-order valence-corrected chi connectivity index (χ3v) is 21.7. The van der Waals surface area contributed by atoms with Gasteiger partial charge < -0.3 is 43.7 Å². The SMILES string of the molecule is CCC(C)C(=O)OC1(C(F)(F)F)OC(C(F)(F)F)C(F)(F)C(O)(C2CCCCC2)C1(F)F.CCC(C)C(=O)OC1(C(F)(F)F)OC(C2CCCCC2)(C(F)(F)F)C(F)(F)C(O)(C2CCCCC2)C1(F)F.CCC(C)C(=O)OC1(C(F)(F)F)OC(CC)(C(F)(F)F)C(F)(F)C(O)(C2CCCCC2)C1(F)F. The molecule has 42 heteroatoms. The van der Waals surface area contributed by atoms with Crippen LogP contribution in [0.15, 0.2) is 0 Å².